The van der Waals surface area contributed by atoms with Crippen molar-refractivity contribution in [3.05, 3.63) is 57.6 Å². The zero-order valence-electron chi connectivity index (χ0n) is 9.65. The summed E-state index contributed by atoms with van der Waals surface area (Å²) in [5, 5.41) is 0. The predicted octanol–water partition coefficient (Wildman–Crippen LogP) is 2.60. The monoisotopic (exact) mass is 291 g/mol. The molecule has 0 atom stereocenters. The number of halogens is 1. The van der Waals surface area contributed by atoms with Gasteiger partial charge in [0.25, 0.3) is 0 Å². The second-order valence-electron chi connectivity index (χ2n) is 3.89. The van der Waals surface area contributed by atoms with Gasteiger partial charge in [0.2, 0.25) is 0 Å². The molecule has 17 heavy (non-hydrogen) atoms. The molecule has 3 nitrogen and oxygen atoms in total. The Morgan fingerprint density at radius 1 is 1.24 bits per heavy atom. The lowest BCUT2D eigenvalue weighted by atomic mass is 10.1. The van der Waals surface area contributed by atoms with Crippen molar-refractivity contribution < 1.29 is 0 Å². The zero-order valence-corrected chi connectivity index (χ0v) is 11.2. The lowest BCUT2D eigenvalue weighted by molar-refractivity contribution is 0.872. The van der Waals surface area contributed by atoms with Crippen LogP contribution in [0.15, 0.2) is 34.8 Å². The van der Waals surface area contributed by atoms with E-state index < -0.39 is 0 Å². The Bertz CT molecular complexity index is 526. The summed E-state index contributed by atoms with van der Waals surface area (Å²) < 4.78 is 1.08. The Kier molecular flexibility index (Phi) is 3.86. The molecule has 0 saturated heterocycles. The van der Waals surface area contributed by atoms with Crippen LogP contribution in [0.25, 0.3) is 0 Å². The summed E-state index contributed by atoms with van der Waals surface area (Å²) in [6.45, 7) is 2.41. The number of hydrogen-bond acceptors (Lipinski definition) is 3. The van der Waals surface area contributed by atoms with Crippen molar-refractivity contribution >= 4 is 15.9 Å². The van der Waals surface area contributed by atoms with Crippen LogP contribution in [0.2, 0.25) is 0 Å². The fourth-order valence-corrected chi connectivity index (χ4v) is 2.12. The van der Waals surface area contributed by atoms with Gasteiger partial charge in [-0.1, -0.05) is 34.1 Å². The number of aromatic nitrogens is 2. The summed E-state index contributed by atoms with van der Waals surface area (Å²) in [5.41, 5.74) is 8.64. The third-order valence-corrected chi connectivity index (χ3v) is 3.24. The highest BCUT2D eigenvalue weighted by Crippen LogP contribution is 2.18. The minimum atomic E-state index is 0.451. The molecule has 2 aromatic rings. The van der Waals surface area contributed by atoms with Gasteiger partial charge in [-0.3, -0.25) is 0 Å². The molecule has 0 saturated carbocycles. The van der Waals surface area contributed by atoms with Crippen LogP contribution in [-0.4, -0.2) is 9.97 Å². The highest BCUT2D eigenvalue weighted by molar-refractivity contribution is 9.10. The molecular formula is C13H14BrN3. The van der Waals surface area contributed by atoms with Gasteiger partial charge in [-0.05, 0) is 24.6 Å². The lowest BCUT2D eigenvalue weighted by Gasteiger charge is -2.06. The third kappa shape index (κ3) is 3.11. The zero-order chi connectivity index (χ0) is 12.3. The maximum Gasteiger partial charge on any atom is 0.133 e. The van der Waals surface area contributed by atoms with Crippen LogP contribution in [0.5, 0.6) is 0 Å². The first-order valence-electron chi connectivity index (χ1n) is 5.46. The first kappa shape index (κ1) is 12.2. The summed E-state index contributed by atoms with van der Waals surface area (Å²) in [6, 6.07) is 10.0. The smallest absolute Gasteiger partial charge is 0.133 e. The Balaban J connectivity index is 2.30. The SMILES string of the molecule is Cc1cc(CN)nc(Cc2ccccc2Br)n1. The Labute approximate surface area is 109 Å². The van der Waals surface area contributed by atoms with Crippen LogP contribution in [0.4, 0.5) is 0 Å². The Hall–Kier alpha value is -1.26. The Morgan fingerprint density at radius 2 is 2.00 bits per heavy atom. The van der Waals surface area contributed by atoms with Crippen molar-refractivity contribution in [2.45, 2.75) is 19.9 Å². The summed E-state index contributed by atoms with van der Waals surface area (Å²) >= 11 is 3.53. The van der Waals surface area contributed by atoms with Crippen LogP contribution in [0.1, 0.15) is 22.8 Å². The number of hydrogen-bond donors (Lipinski definition) is 1. The number of nitrogens with zero attached hydrogens (tertiary/aromatic N) is 2. The van der Waals surface area contributed by atoms with E-state index in [0.29, 0.717) is 6.54 Å². The van der Waals surface area contributed by atoms with Crippen molar-refractivity contribution in [2.24, 2.45) is 5.73 Å². The lowest BCUT2D eigenvalue weighted by Crippen LogP contribution is -2.06. The minimum Gasteiger partial charge on any atom is -0.325 e. The molecule has 0 aliphatic heterocycles. The minimum absolute atomic E-state index is 0.451. The van der Waals surface area contributed by atoms with E-state index in [2.05, 4.69) is 32.0 Å². The molecule has 0 bridgehead atoms. The first-order valence-corrected chi connectivity index (χ1v) is 6.25. The van der Waals surface area contributed by atoms with Gasteiger partial charge in [-0.25, -0.2) is 9.97 Å². The van der Waals surface area contributed by atoms with E-state index in [0.717, 1.165) is 28.1 Å². The van der Waals surface area contributed by atoms with Crippen molar-refractivity contribution in [3.63, 3.8) is 0 Å². The Morgan fingerprint density at radius 3 is 2.71 bits per heavy atom. The molecular weight excluding hydrogens is 278 g/mol. The molecule has 0 unspecified atom stereocenters. The van der Waals surface area contributed by atoms with Crippen LogP contribution < -0.4 is 5.73 Å². The van der Waals surface area contributed by atoms with Gasteiger partial charge in [0.1, 0.15) is 5.82 Å². The largest absolute Gasteiger partial charge is 0.325 e. The quantitative estimate of drug-likeness (QED) is 0.946. The van der Waals surface area contributed by atoms with Crippen molar-refractivity contribution in [2.75, 3.05) is 0 Å². The molecule has 88 valence electrons. The fraction of sp³-hybridized carbons (Fsp3) is 0.231. The average molecular weight is 292 g/mol. The van der Waals surface area contributed by atoms with Crippen LogP contribution in [-0.2, 0) is 13.0 Å². The molecule has 2 N–H and O–H groups in total. The second kappa shape index (κ2) is 5.38. The number of aryl methyl sites for hydroxylation is 1. The van der Waals surface area contributed by atoms with E-state index in [1.165, 1.54) is 5.56 Å². The van der Waals surface area contributed by atoms with Crippen LogP contribution in [0.3, 0.4) is 0 Å². The molecule has 0 aliphatic rings. The van der Waals surface area contributed by atoms with E-state index in [1.807, 2.05) is 31.2 Å². The molecule has 0 amide bonds. The highest BCUT2D eigenvalue weighted by atomic mass is 79.9. The maximum absolute atomic E-state index is 5.61. The maximum atomic E-state index is 5.61. The standard InChI is InChI=1S/C13H14BrN3/c1-9-6-11(8-15)17-13(16-9)7-10-4-2-3-5-12(10)14/h2-6H,7-8,15H2,1H3. The van der Waals surface area contributed by atoms with Gasteiger partial charge in [0, 0.05) is 23.1 Å². The average Bonchev–Trinajstić information content (AvgIpc) is 2.31. The predicted molar refractivity (Wildman–Crippen MR) is 71.6 cm³/mol. The molecule has 0 aliphatic carbocycles. The molecule has 0 radical (unpaired) electrons. The first-order chi connectivity index (χ1) is 8.19. The number of rotatable bonds is 3. The number of nitrogens with two attached hydrogens (primary N) is 1. The van der Waals surface area contributed by atoms with E-state index in [9.17, 15) is 0 Å². The van der Waals surface area contributed by atoms with Gasteiger partial charge in [0.15, 0.2) is 0 Å². The van der Waals surface area contributed by atoms with Crippen molar-refractivity contribution in [1.29, 1.82) is 0 Å². The molecule has 1 heterocycles. The molecule has 2 rings (SSSR count). The van der Waals surface area contributed by atoms with Gasteiger partial charge in [0.05, 0.1) is 5.69 Å². The normalized spacial score (nSPS) is 10.5. The van der Waals surface area contributed by atoms with E-state index in [4.69, 9.17) is 5.73 Å². The fourth-order valence-electron chi connectivity index (χ4n) is 1.70. The molecule has 0 spiro atoms. The second-order valence-corrected chi connectivity index (χ2v) is 4.74. The summed E-state index contributed by atoms with van der Waals surface area (Å²) in [4.78, 5) is 8.86. The van der Waals surface area contributed by atoms with E-state index >= 15 is 0 Å². The highest BCUT2D eigenvalue weighted by Gasteiger charge is 2.05. The molecule has 1 aromatic heterocycles. The van der Waals surface area contributed by atoms with Gasteiger partial charge in [-0.2, -0.15) is 0 Å². The van der Waals surface area contributed by atoms with Gasteiger partial charge >= 0.3 is 0 Å². The summed E-state index contributed by atoms with van der Waals surface area (Å²) in [6.07, 6.45) is 0.718. The molecule has 1 aromatic carbocycles. The third-order valence-electron chi connectivity index (χ3n) is 2.47. The van der Waals surface area contributed by atoms with Crippen LogP contribution >= 0.6 is 15.9 Å². The van der Waals surface area contributed by atoms with E-state index in [-0.39, 0.29) is 0 Å². The number of benzene rings is 1. The van der Waals surface area contributed by atoms with Gasteiger partial charge < -0.3 is 5.73 Å². The molecule has 0 fully saturated rings. The topological polar surface area (TPSA) is 51.8 Å². The van der Waals surface area contributed by atoms with E-state index in [1.54, 1.807) is 0 Å². The van der Waals surface area contributed by atoms with Crippen LogP contribution in [0, 0.1) is 6.92 Å². The van der Waals surface area contributed by atoms with Gasteiger partial charge in [-0.15, -0.1) is 0 Å². The summed E-state index contributed by atoms with van der Waals surface area (Å²) in [7, 11) is 0. The molecule has 4 heteroatoms. The van der Waals surface area contributed by atoms with Crippen molar-refractivity contribution in [3.8, 4) is 0 Å². The summed E-state index contributed by atoms with van der Waals surface area (Å²) in [5.74, 6) is 0.817. The van der Waals surface area contributed by atoms with Crippen molar-refractivity contribution in [1.82, 2.24) is 9.97 Å².